The molecule has 2 rings (SSSR count). The monoisotopic (exact) mass is 293 g/mol. The van der Waals surface area contributed by atoms with Crippen molar-refractivity contribution in [1.82, 2.24) is 0 Å². The molecule has 0 bridgehead atoms. The van der Waals surface area contributed by atoms with Crippen LogP contribution in [0.1, 0.15) is 24.8 Å². The summed E-state index contributed by atoms with van der Waals surface area (Å²) in [4.78, 5) is 1.21. The fourth-order valence-corrected chi connectivity index (χ4v) is 5.94. The summed E-state index contributed by atoms with van der Waals surface area (Å²) in [6, 6.07) is 4.13. The highest BCUT2D eigenvalue weighted by Gasteiger charge is 2.30. The van der Waals surface area contributed by atoms with Crippen LogP contribution in [0.15, 0.2) is 12.1 Å². The first-order valence-corrected chi connectivity index (χ1v) is 8.54. The van der Waals surface area contributed by atoms with Crippen molar-refractivity contribution in [3.63, 3.8) is 0 Å². The third-order valence-corrected chi connectivity index (χ3v) is 7.75. The van der Waals surface area contributed by atoms with Crippen LogP contribution in [-0.2, 0) is 0 Å². The fraction of sp³-hybridized carbons (Fsp3) is 0.636. The first-order chi connectivity index (χ1) is 7.58. The Morgan fingerprint density at radius 3 is 2.69 bits per heavy atom. The SMILES string of the molecule is CC1SCC(C(N)c2ccc(Cl)s2)SC1C. The quantitative estimate of drug-likeness (QED) is 0.892. The minimum atomic E-state index is 0.130. The molecule has 90 valence electrons. The minimum Gasteiger partial charge on any atom is -0.322 e. The normalized spacial score (nSPS) is 32.6. The van der Waals surface area contributed by atoms with Gasteiger partial charge in [0.05, 0.1) is 10.4 Å². The van der Waals surface area contributed by atoms with Gasteiger partial charge in [0.1, 0.15) is 0 Å². The highest BCUT2D eigenvalue weighted by atomic mass is 35.5. The molecule has 0 saturated carbocycles. The van der Waals surface area contributed by atoms with E-state index < -0.39 is 0 Å². The van der Waals surface area contributed by atoms with Gasteiger partial charge >= 0.3 is 0 Å². The van der Waals surface area contributed by atoms with E-state index in [9.17, 15) is 0 Å². The van der Waals surface area contributed by atoms with Gasteiger partial charge in [-0.2, -0.15) is 23.5 Å². The van der Waals surface area contributed by atoms with E-state index in [4.69, 9.17) is 17.3 Å². The number of thiophene rings is 1. The number of nitrogens with two attached hydrogens (primary N) is 1. The number of halogens is 1. The Balaban J connectivity index is 2.02. The molecule has 0 radical (unpaired) electrons. The summed E-state index contributed by atoms with van der Waals surface area (Å²) in [7, 11) is 0. The Labute approximate surface area is 115 Å². The predicted octanol–water partition coefficient (Wildman–Crippen LogP) is 4.03. The molecule has 0 spiro atoms. The van der Waals surface area contributed by atoms with Crippen LogP contribution in [0, 0.1) is 0 Å². The number of rotatable bonds is 2. The Kier molecular flexibility index (Phi) is 4.52. The van der Waals surface area contributed by atoms with Crippen molar-refractivity contribution >= 4 is 46.5 Å². The Morgan fingerprint density at radius 1 is 1.38 bits per heavy atom. The predicted molar refractivity (Wildman–Crippen MR) is 79.0 cm³/mol. The van der Waals surface area contributed by atoms with Crippen LogP contribution in [0.4, 0.5) is 0 Å². The Morgan fingerprint density at radius 2 is 2.12 bits per heavy atom. The number of thioether (sulfide) groups is 2. The zero-order chi connectivity index (χ0) is 11.7. The van der Waals surface area contributed by atoms with Crippen molar-refractivity contribution < 1.29 is 0 Å². The lowest BCUT2D eigenvalue weighted by Gasteiger charge is -2.34. The molecule has 0 aliphatic carbocycles. The van der Waals surface area contributed by atoms with E-state index in [0.29, 0.717) is 10.5 Å². The average molecular weight is 294 g/mol. The van der Waals surface area contributed by atoms with Gasteiger partial charge in [-0.3, -0.25) is 0 Å². The Hall–Kier alpha value is 0.650. The van der Waals surface area contributed by atoms with E-state index in [1.165, 1.54) is 4.88 Å². The van der Waals surface area contributed by atoms with Crippen molar-refractivity contribution in [2.24, 2.45) is 5.73 Å². The van der Waals surface area contributed by atoms with Gasteiger partial charge in [-0.25, -0.2) is 0 Å². The van der Waals surface area contributed by atoms with Crippen LogP contribution in [0.2, 0.25) is 4.34 Å². The van der Waals surface area contributed by atoms with Crippen molar-refractivity contribution in [3.05, 3.63) is 21.3 Å². The highest BCUT2D eigenvalue weighted by Crippen LogP contribution is 2.41. The second-order valence-electron chi connectivity index (χ2n) is 4.09. The summed E-state index contributed by atoms with van der Waals surface area (Å²) in [6.45, 7) is 4.59. The maximum absolute atomic E-state index is 6.31. The van der Waals surface area contributed by atoms with Gasteiger partial charge in [0.2, 0.25) is 0 Å². The van der Waals surface area contributed by atoms with Crippen LogP contribution in [0.5, 0.6) is 0 Å². The molecule has 1 aromatic rings. The van der Waals surface area contributed by atoms with Crippen LogP contribution in [-0.4, -0.2) is 21.5 Å². The fourth-order valence-electron chi connectivity index (χ4n) is 1.69. The summed E-state index contributed by atoms with van der Waals surface area (Å²) in [5.74, 6) is 1.15. The van der Waals surface area contributed by atoms with Crippen molar-refractivity contribution in [2.45, 2.75) is 35.6 Å². The zero-order valence-electron chi connectivity index (χ0n) is 9.35. The molecule has 2 heterocycles. The van der Waals surface area contributed by atoms with E-state index >= 15 is 0 Å². The summed E-state index contributed by atoms with van der Waals surface area (Å²) in [5, 5.41) is 1.94. The largest absolute Gasteiger partial charge is 0.322 e. The minimum absolute atomic E-state index is 0.130. The van der Waals surface area contributed by atoms with Crippen LogP contribution >= 0.6 is 46.5 Å². The molecule has 0 amide bonds. The third-order valence-electron chi connectivity index (χ3n) is 2.90. The molecule has 1 fully saturated rings. The van der Waals surface area contributed by atoms with Gasteiger partial charge in [0.15, 0.2) is 0 Å². The van der Waals surface area contributed by atoms with Crippen LogP contribution in [0.25, 0.3) is 0 Å². The summed E-state index contributed by atoms with van der Waals surface area (Å²) >= 11 is 11.6. The standard InChI is InChI=1S/C11H16ClNS3/c1-6-7(2)15-9(5-14-6)11(13)8-3-4-10(12)16-8/h3-4,6-7,9,11H,5,13H2,1-2H3. The van der Waals surface area contributed by atoms with Gasteiger partial charge in [-0.15, -0.1) is 11.3 Å². The molecule has 2 N–H and O–H groups in total. The van der Waals surface area contributed by atoms with E-state index in [0.717, 1.165) is 15.3 Å². The topological polar surface area (TPSA) is 26.0 Å². The van der Waals surface area contributed by atoms with Gasteiger partial charge < -0.3 is 5.73 Å². The van der Waals surface area contributed by atoms with Gasteiger partial charge in [0, 0.05) is 26.4 Å². The van der Waals surface area contributed by atoms with E-state index in [1.54, 1.807) is 11.3 Å². The van der Waals surface area contributed by atoms with Crippen molar-refractivity contribution in [2.75, 3.05) is 5.75 Å². The molecule has 16 heavy (non-hydrogen) atoms. The molecule has 1 saturated heterocycles. The smallest absolute Gasteiger partial charge is 0.0931 e. The van der Waals surface area contributed by atoms with E-state index in [-0.39, 0.29) is 6.04 Å². The zero-order valence-corrected chi connectivity index (χ0v) is 12.6. The lowest BCUT2D eigenvalue weighted by Crippen LogP contribution is -2.33. The summed E-state index contributed by atoms with van der Waals surface area (Å²) in [6.07, 6.45) is 0. The molecule has 1 aliphatic rings. The molecular formula is C11H16ClNS3. The van der Waals surface area contributed by atoms with Gasteiger partial charge in [-0.1, -0.05) is 25.4 Å². The third kappa shape index (κ3) is 2.91. The Bertz CT molecular complexity index is 355. The summed E-state index contributed by atoms with van der Waals surface area (Å²) in [5.41, 5.74) is 6.31. The molecule has 1 aliphatic heterocycles. The van der Waals surface area contributed by atoms with Crippen molar-refractivity contribution in [3.8, 4) is 0 Å². The van der Waals surface area contributed by atoms with Gasteiger partial charge in [-0.05, 0) is 12.1 Å². The molecule has 0 aromatic carbocycles. The summed E-state index contributed by atoms with van der Waals surface area (Å²) < 4.78 is 0.834. The molecule has 4 unspecified atom stereocenters. The number of hydrogen-bond acceptors (Lipinski definition) is 4. The highest BCUT2D eigenvalue weighted by molar-refractivity contribution is 8.07. The lowest BCUT2D eigenvalue weighted by atomic mass is 10.2. The second kappa shape index (κ2) is 5.53. The first kappa shape index (κ1) is 13.1. The maximum atomic E-state index is 6.31. The molecule has 1 nitrogen and oxygen atoms in total. The molecule has 1 aromatic heterocycles. The molecule has 4 atom stereocenters. The van der Waals surface area contributed by atoms with Gasteiger partial charge in [0.25, 0.3) is 0 Å². The second-order valence-corrected chi connectivity index (χ2v) is 8.86. The van der Waals surface area contributed by atoms with Crippen LogP contribution in [0.3, 0.4) is 0 Å². The number of hydrogen-bond donors (Lipinski definition) is 1. The van der Waals surface area contributed by atoms with E-state index in [1.807, 2.05) is 29.6 Å². The van der Waals surface area contributed by atoms with Crippen LogP contribution < -0.4 is 5.73 Å². The van der Waals surface area contributed by atoms with E-state index in [2.05, 4.69) is 19.9 Å². The molecule has 5 heteroatoms. The lowest BCUT2D eigenvalue weighted by molar-refractivity contribution is 0.720. The first-order valence-electron chi connectivity index (χ1n) is 5.36. The van der Waals surface area contributed by atoms with Crippen molar-refractivity contribution in [1.29, 1.82) is 0 Å². The molecular weight excluding hydrogens is 278 g/mol. The maximum Gasteiger partial charge on any atom is 0.0931 e. The average Bonchev–Trinajstić information content (AvgIpc) is 2.68.